The summed E-state index contributed by atoms with van der Waals surface area (Å²) in [6.07, 6.45) is 1.29. The summed E-state index contributed by atoms with van der Waals surface area (Å²) in [5.41, 5.74) is 0.952. The van der Waals surface area contributed by atoms with Crippen molar-refractivity contribution >= 4 is 77.0 Å². The van der Waals surface area contributed by atoms with Crippen LogP contribution in [0.3, 0.4) is 0 Å². The molecule has 3 aromatic carbocycles. The van der Waals surface area contributed by atoms with Crippen LogP contribution in [0.25, 0.3) is 28.1 Å². The number of rotatable bonds is 15. The average molecular weight is 979 g/mol. The number of imidazole rings is 2. The molecule has 0 bridgehead atoms. The van der Waals surface area contributed by atoms with Crippen LogP contribution < -0.4 is 21.2 Å². The van der Waals surface area contributed by atoms with Gasteiger partial charge in [0.25, 0.3) is 20.0 Å². The smallest absolute Gasteiger partial charge is 0.324 e. The number of aromatic amines is 1. The van der Waals surface area contributed by atoms with Gasteiger partial charge in [-0.1, -0.05) is 112 Å². The predicted octanol–water partition coefficient (Wildman–Crippen LogP) is 5.13. The first-order chi connectivity index (χ1) is 32.7. The highest BCUT2D eigenvalue weighted by molar-refractivity contribution is 8.07. The first-order valence-electron chi connectivity index (χ1n) is 22.1. The van der Waals surface area contributed by atoms with Gasteiger partial charge in [-0.2, -0.15) is 14.7 Å². The molecule has 5 aromatic heterocycles. The molecule has 1 aliphatic heterocycles. The predicted molar refractivity (Wildman–Crippen MR) is 255 cm³/mol. The number of carbonyl (C=O) groups is 1. The minimum absolute atomic E-state index is 0.0443. The van der Waals surface area contributed by atoms with Gasteiger partial charge in [0.15, 0.2) is 40.5 Å². The zero-order chi connectivity index (χ0) is 47.4. The van der Waals surface area contributed by atoms with Gasteiger partial charge in [0.05, 0.1) is 32.0 Å². The van der Waals surface area contributed by atoms with Crippen molar-refractivity contribution in [3.63, 3.8) is 0 Å². The van der Waals surface area contributed by atoms with Crippen LogP contribution >= 0.6 is 6.72 Å². The number of aromatic nitrogens is 11. The van der Waals surface area contributed by atoms with E-state index in [-0.39, 0.29) is 64.4 Å². The number of carbonyl (C=O) groups excluding carboxylic acids is 1. The summed E-state index contributed by atoms with van der Waals surface area (Å²) >= 11 is 5.60. The summed E-state index contributed by atoms with van der Waals surface area (Å²) in [4.78, 5) is 59.8. The number of fused-ring (bicyclic) bond motifs is 3. The van der Waals surface area contributed by atoms with E-state index in [0.717, 1.165) is 14.9 Å². The average Bonchev–Trinajstić information content (AvgIpc) is 4.14. The van der Waals surface area contributed by atoms with E-state index >= 15 is 4.39 Å². The molecule has 8 aromatic rings. The van der Waals surface area contributed by atoms with Gasteiger partial charge in [0.1, 0.15) is 6.33 Å². The summed E-state index contributed by atoms with van der Waals surface area (Å²) < 4.78 is 46.2. The monoisotopic (exact) mass is 978 g/mol. The molecule has 8 atom stereocenters. The summed E-state index contributed by atoms with van der Waals surface area (Å²) in [6.45, 7) is 4.39. The van der Waals surface area contributed by atoms with E-state index in [0.29, 0.717) is 24.2 Å². The third-order valence-electron chi connectivity index (χ3n) is 13.2. The van der Waals surface area contributed by atoms with Gasteiger partial charge in [-0.05, 0) is 56.9 Å². The molecular formula is C45H48FN12O7PSSi. The van der Waals surface area contributed by atoms with Crippen LogP contribution in [0, 0.1) is 17.8 Å². The fraction of sp³-hybridized carbons (Fsp3) is 0.356. The lowest BCUT2D eigenvalue weighted by molar-refractivity contribution is -0.0388. The Labute approximate surface area is 394 Å². The summed E-state index contributed by atoms with van der Waals surface area (Å²) in [7, 11) is -2.95. The first kappa shape index (κ1) is 45.8. The molecule has 2 fully saturated rings. The third-order valence-corrected chi connectivity index (χ3v) is 19.8. The molecular weight excluding hydrogens is 931 g/mol. The van der Waals surface area contributed by atoms with Crippen molar-refractivity contribution in [3.05, 3.63) is 126 Å². The molecule has 1 saturated carbocycles. The second-order valence-corrected chi connectivity index (χ2v) is 25.3. The number of H-pyrrole nitrogens is 1. The lowest BCUT2D eigenvalue weighted by Crippen LogP contribution is -2.67. The van der Waals surface area contributed by atoms with Gasteiger partial charge in [-0.25, -0.2) is 24.3 Å². The Bertz CT molecular complexity index is 3170. The van der Waals surface area contributed by atoms with Crippen LogP contribution in [0.2, 0.25) is 5.04 Å². The maximum Gasteiger partial charge on any atom is 0.324 e. The second-order valence-electron chi connectivity index (χ2n) is 18.2. The number of amides is 1. The summed E-state index contributed by atoms with van der Waals surface area (Å²) in [5.74, 6) is -1.26. The maximum absolute atomic E-state index is 16.1. The molecule has 1 unspecified atom stereocenters. The van der Waals surface area contributed by atoms with Crippen molar-refractivity contribution in [3.8, 4) is 0 Å². The van der Waals surface area contributed by atoms with E-state index in [9.17, 15) is 14.5 Å². The Morgan fingerprint density at radius 2 is 1.56 bits per heavy atom. The van der Waals surface area contributed by atoms with Gasteiger partial charge in [0.2, 0.25) is 0 Å². The van der Waals surface area contributed by atoms with E-state index in [2.05, 4.69) is 90.8 Å². The number of alkyl halides is 1. The van der Waals surface area contributed by atoms with E-state index < -0.39 is 50.9 Å². The number of hydrogen-bond donors (Lipinski definition) is 3. The number of anilines is 1. The number of tetrazole rings is 1. The van der Waals surface area contributed by atoms with Gasteiger partial charge in [-0.15, -0.1) is 0 Å². The minimum atomic E-state index is -3.97. The van der Waals surface area contributed by atoms with E-state index in [1.165, 1.54) is 17.2 Å². The lowest BCUT2D eigenvalue weighted by Gasteiger charge is -2.49. The van der Waals surface area contributed by atoms with Gasteiger partial charge >= 0.3 is 12.3 Å². The van der Waals surface area contributed by atoms with Crippen molar-refractivity contribution in [1.82, 2.24) is 54.1 Å². The van der Waals surface area contributed by atoms with Crippen LogP contribution in [0.5, 0.6) is 0 Å². The van der Waals surface area contributed by atoms with Gasteiger partial charge in [-0.3, -0.25) is 14.2 Å². The molecule has 19 nitrogen and oxygen atoms in total. The zero-order valence-corrected chi connectivity index (χ0v) is 40.1. The molecule has 10 rings (SSSR count). The Morgan fingerprint density at radius 3 is 2.25 bits per heavy atom. The lowest BCUT2D eigenvalue weighted by atomic mass is 9.70. The third kappa shape index (κ3) is 8.27. The normalized spacial score (nSPS) is 22.9. The van der Waals surface area contributed by atoms with Crippen molar-refractivity contribution in [1.29, 1.82) is 0 Å². The summed E-state index contributed by atoms with van der Waals surface area (Å²) in [5, 5.41) is 15.0. The molecule has 6 heterocycles. The van der Waals surface area contributed by atoms with Gasteiger partial charge in [0, 0.05) is 30.0 Å². The SMILES string of the molecule is C[C@H]1[C@@H](F)[C@H](n2cnc3c(NC(=O)c4ccccc4)ncnc32)O[C@@H]1COP(O)(=S)OC[C@@H]1[C@@H](CO[Si](c2ccccc2)(c2ccccc2)C(C)(C)C)C[C@H]1n1cnc2c(=O)n3[nH]nnc3nc21. The maximum atomic E-state index is 16.1. The molecule has 1 saturated heterocycles. The van der Waals surface area contributed by atoms with E-state index in [1.807, 2.05) is 41.0 Å². The van der Waals surface area contributed by atoms with E-state index in [4.69, 9.17) is 30.0 Å². The zero-order valence-electron chi connectivity index (χ0n) is 37.4. The molecule has 68 heavy (non-hydrogen) atoms. The fourth-order valence-electron chi connectivity index (χ4n) is 9.54. The molecule has 3 N–H and O–H groups in total. The second kappa shape index (κ2) is 18.2. The fourth-order valence-corrected chi connectivity index (χ4v) is 15.3. The molecule has 23 heteroatoms. The number of nitrogens with zero attached hydrogens (tertiary/aromatic N) is 10. The van der Waals surface area contributed by atoms with E-state index in [1.54, 1.807) is 43.6 Å². The van der Waals surface area contributed by atoms with Crippen LogP contribution in [0.1, 0.15) is 56.7 Å². The highest BCUT2D eigenvalue weighted by Crippen LogP contribution is 2.52. The van der Waals surface area contributed by atoms with Gasteiger partial charge < -0.3 is 33.0 Å². The Balaban J connectivity index is 0.869. The van der Waals surface area contributed by atoms with Crippen molar-refractivity contribution in [2.45, 2.75) is 63.7 Å². The van der Waals surface area contributed by atoms with Crippen LogP contribution in [0.4, 0.5) is 10.2 Å². The molecule has 1 aliphatic carbocycles. The minimum Gasteiger partial charge on any atom is -0.407 e. The topological polar surface area (TPSA) is 224 Å². The molecule has 0 spiro atoms. The van der Waals surface area contributed by atoms with Crippen molar-refractivity contribution < 1.29 is 32.3 Å². The Morgan fingerprint density at radius 1 is 0.912 bits per heavy atom. The van der Waals surface area contributed by atoms with Crippen molar-refractivity contribution in [2.75, 3.05) is 25.1 Å². The largest absolute Gasteiger partial charge is 0.407 e. The van der Waals surface area contributed by atoms with Crippen LogP contribution in [0.15, 0.2) is 115 Å². The number of halogens is 1. The summed E-state index contributed by atoms with van der Waals surface area (Å²) in [6, 6.07) is 29.1. The first-order valence-corrected chi connectivity index (χ1v) is 26.6. The number of ether oxygens (including phenoxy) is 1. The highest BCUT2D eigenvalue weighted by atomic mass is 32.5. The molecule has 2 aliphatic rings. The number of nitrogens with one attached hydrogen (secondary N) is 2. The standard InChI is InChI=1S/C45H48FN12O7PSSi/c1-27-34(65-43(35(27)46)57-26-49-36-38(47-24-48-39(36)57)51-41(59)28-14-8-5-9-15-28)23-63-66(61,67)62-22-32-29(20-33(32)56-25-50-37-40(56)52-44-53-54-55-58(44)42(37)60)21-64-68(45(2,3)4,30-16-10-6-11-17-30)31-18-12-7-13-19-31/h5-19,24-27,29,32-35,43H,20-23H2,1-4H3,(H,61,67)(H,52,53,55)(H,47,48,51,59)/t27-,29-,32-,33-,34-,35-,43-,66?/m1/s1. The number of hydrogen-bond acceptors (Lipinski definition) is 14. The van der Waals surface area contributed by atoms with Crippen molar-refractivity contribution in [2.24, 2.45) is 17.8 Å². The molecule has 1 amide bonds. The Kier molecular flexibility index (Phi) is 12.2. The number of benzene rings is 3. The van der Waals surface area contributed by atoms with Crippen LogP contribution in [-0.2, 0) is 30.0 Å². The molecule has 352 valence electrons. The quantitative estimate of drug-likeness (QED) is 0.0895. The Hall–Kier alpha value is -5.97. The van der Waals surface area contributed by atoms with Crippen LogP contribution in [-0.4, -0.2) is 105 Å². The molecule has 0 radical (unpaired) electrons. The highest BCUT2D eigenvalue weighted by Gasteiger charge is 2.53.